The number of hydrogen-bond donors (Lipinski definition) is 0. The lowest BCUT2D eigenvalue weighted by atomic mass is 10.3. The van der Waals surface area contributed by atoms with E-state index in [1.807, 2.05) is 26.8 Å². The van der Waals surface area contributed by atoms with E-state index in [1.165, 1.54) is 0 Å². The van der Waals surface area contributed by atoms with E-state index in [9.17, 15) is 0 Å². The van der Waals surface area contributed by atoms with E-state index in [-0.39, 0.29) is 0 Å². The quantitative estimate of drug-likeness (QED) is 0.620. The molecule has 0 aromatic rings. The van der Waals surface area contributed by atoms with Gasteiger partial charge < -0.3 is 9.47 Å². The molecule has 2 heteroatoms. The Labute approximate surface area is 80.5 Å². The lowest BCUT2D eigenvalue weighted by Gasteiger charge is -2.19. The highest BCUT2D eigenvalue weighted by Crippen LogP contribution is 2.17. The van der Waals surface area contributed by atoms with Crippen molar-refractivity contribution < 1.29 is 9.47 Å². The maximum atomic E-state index is 5.32. The third kappa shape index (κ3) is 3.83. The third-order valence-electron chi connectivity index (χ3n) is 1.37. The smallest absolute Gasteiger partial charge is 0.160 e. The van der Waals surface area contributed by atoms with Gasteiger partial charge in [-0.3, -0.25) is 0 Å². The van der Waals surface area contributed by atoms with Crippen molar-refractivity contribution in [1.82, 2.24) is 0 Å². The van der Waals surface area contributed by atoms with E-state index in [4.69, 9.17) is 9.47 Å². The summed E-state index contributed by atoms with van der Waals surface area (Å²) < 4.78 is 10.6. The SMILES string of the molecule is C=C/C=C1/OCCO/C1=C/C.CC. The summed E-state index contributed by atoms with van der Waals surface area (Å²) in [5.41, 5.74) is 0. The van der Waals surface area contributed by atoms with E-state index in [0.29, 0.717) is 13.2 Å². The van der Waals surface area contributed by atoms with Crippen LogP contribution in [0.25, 0.3) is 0 Å². The van der Waals surface area contributed by atoms with Crippen LogP contribution >= 0.6 is 0 Å². The Hall–Kier alpha value is -1.18. The average Bonchev–Trinajstić information content (AvgIpc) is 2.22. The highest BCUT2D eigenvalue weighted by Gasteiger charge is 2.11. The minimum Gasteiger partial charge on any atom is -0.486 e. The van der Waals surface area contributed by atoms with Gasteiger partial charge in [-0.25, -0.2) is 0 Å². The molecule has 0 bridgehead atoms. The van der Waals surface area contributed by atoms with Crippen molar-refractivity contribution in [3.8, 4) is 0 Å². The maximum Gasteiger partial charge on any atom is 0.160 e. The van der Waals surface area contributed by atoms with E-state index in [2.05, 4.69) is 6.58 Å². The Morgan fingerprint density at radius 2 is 1.69 bits per heavy atom. The molecule has 0 amide bonds. The van der Waals surface area contributed by atoms with Crippen molar-refractivity contribution >= 4 is 0 Å². The molecule has 1 heterocycles. The molecule has 0 aromatic heterocycles. The largest absolute Gasteiger partial charge is 0.486 e. The van der Waals surface area contributed by atoms with Gasteiger partial charge in [0.15, 0.2) is 11.5 Å². The number of ether oxygens (including phenoxy) is 2. The van der Waals surface area contributed by atoms with Crippen LogP contribution in [0.1, 0.15) is 20.8 Å². The van der Waals surface area contributed by atoms with Crippen molar-refractivity contribution in [3.63, 3.8) is 0 Å². The van der Waals surface area contributed by atoms with Crippen LogP contribution in [0.2, 0.25) is 0 Å². The van der Waals surface area contributed by atoms with Gasteiger partial charge >= 0.3 is 0 Å². The molecule has 0 aliphatic carbocycles. The van der Waals surface area contributed by atoms with E-state index >= 15 is 0 Å². The van der Waals surface area contributed by atoms with Crippen LogP contribution in [0.5, 0.6) is 0 Å². The van der Waals surface area contributed by atoms with Gasteiger partial charge in [-0.15, -0.1) is 0 Å². The summed E-state index contributed by atoms with van der Waals surface area (Å²) in [4.78, 5) is 0. The first kappa shape index (κ1) is 11.8. The van der Waals surface area contributed by atoms with Gasteiger partial charge in [0.2, 0.25) is 0 Å². The van der Waals surface area contributed by atoms with Gasteiger partial charge in [0.1, 0.15) is 13.2 Å². The van der Waals surface area contributed by atoms with Gasteiger partial charge in [-0.1, -0.05) is 26.5 Å². The second-order valence-corrected chi connectivity index (χ2v) is 2.12. The summed E-state index contributed by atoms with van der Waals surface area (Å²) in [6, 6.07) is 0. The fourth-order valence-electron chi connectivity index (χ4n) is 0.908. The number of allylic oxidation sites excluding steroid dienone is 3. The third-order valence-corrected chi connectivity index (χ3v) is 1.37. The topological polar surface area (TPSA) is 18.5 Å². The molecule has 13 heavy (non-hydrogen) atoms. The monoisotopic (exact) mass is 182 g/mol. The lowest BCUT2D eigenvalue weighted by Crippen LogP contribution is -2.13. The fraction of sp³-hybridized carbons (Fsp3) is 0.455. The normalized spacial score (nSPS) is 21.2. The molecular formula is C11H18O2. The lowest BCUT2D eigenvalue weighted by molar-refractivity contribution is 0.0594. The summed E-state index contributed by atoms with van der Waals surface area (Å²) in [6.45, 7) is 10.8. The molecule has 1 rings (SSSR count). The Bertz CT molecular complexity index is 202. The molecule has 1 aliphatic heterocycles. The average molecular weight is 182 g/mol. The molecule has 2 nitrogen and oxygen atoms in total. The molecule has 0 N–H and O–H groups in total. The van der Waals surface area contributed by atoms with E-state index in [1.54, 1.807) is 12.2 Å². The van der Waals surface area contributed by atoms with Crippen LogP contribution in [0, 0.1) is 0 Å². The fourth-order valence-corrected chi connectivity index (χ4v) is 0.908. The molecule has 1 saturated heterocycles. The van der Waals surface area contributed by atoms with Crippen molar-refractivity contribution in [1.29, 1.82) is 0 Å². The Kier molecular flexibility index (Phi) is 6.79. The first-order valence-electron chi connectivity index (χ1n) is 4.63. The van der Waals surface area contributed by atoms with Gasteiger partial charge in [-0.05, 0) is 19.1 Å². The number of hydrogen-bond acceptors (Lipinski definition) is 2. The van der Waals surface area contributed by atoms with Gasteiger partial charge in [0, 0.05) is 0 Å². The van der Waals surface area contributed by atoms with Crippen LogP contribution in [0.15, 0.2) is 36.3 Å². The molecular weight excluding hydrogens is 164 g/mol. The molecule has 0 radical (unpaired) electrons. The Morgan fingerprint density at radius 1 is 1.15 bits per heavy atom. The molecule has 1 fully saturated rings. The standard InChI is InChI=1S/C9H12O2.C2H6/c1-3-5-9-8(4-2)10-6-7-11-9;1-2/h3-5H,1,6-7H2,2H3;1-2H3/b8-4+,9-5+;. The van der Waals surface area contributed by atoms with Crippen LogP contribution < -0.4 is 0 Å². The molecule has 0 atom stereocenters. The number of rotatable bonds is 1. The Morgan fingerprint density at radius 3 is 2.15 bits per heavy atom. The molecule has 74 valence electrons. The van der Waals surface area contributed by atoms with Crippen LogP contribution in [0.4, 0.5) is 0 Å². The molecule has 0 spiro atoms. The molecule has 0 saturated carbocycles. The predicted molar refractivity (Wildman–Crippen MR) is 55.3 cm³/mol. The summed E-state index contributed by atoms with van der Waals surface area (Å²) in [5, 5.41) is 0. The zero-order valence-electron chi connectivity index (χ0n) is 8.67. The zero-order chi connectivity index (χ0) is 10.1. The predicted octanol–water partition coefficient (Wildman–Crippen LogP) is 3.03. The van der Waals surface area contributed by atoms with Crippen LogP contribution in [-0.2, 0) is 9.47 Å². The zero-order valence-corrected chi connectivity index (χ0v) is 8.67. The van der Waals surface area contributed by atoms with Crippen molar-refractivity contribution in [3.05, 3.63) is 36.3 Å². The highest BCUT2D eigenvalue weighted by molar-refractivity contribution is 5.24. The van der Waals surface area contributed by atoms with Gasteiger partial charge in [-0.2, -0.15) is 0 Å². The minimum atomic E-state index is 0.622. The van der Waals surface area contributed by atoms with Crippen molar-refractivity contribution in [2.45, 2.75) is 20.8 Å². The Balaban J connectivity index is 0.000000671. The van der Waals surface area contributed by atoms with Gasteiger partial charge in [0.25, 0.3) is 0 Å². The molecule has 1 aliphatic rings. The second-order valence-electron chi connectivity index (χ2n) is 2.12. The van der Waals surface area contributed by atoms with Crippen molar-refractivity contribution in [2.75, 3.05) is 13.2 Å². The first-order valence-corrected chi connectivity index (χ1v) is 4.63. The second kappa shape index (κ2) is 7.47. The van der Waals surface area contributed by atoms with E-state index < -0.39 is 0 Å². The summed E-state index contributed by atoms with van der Waals surface area (Å²) >= 11 is 0. The van der Waals surface area contributed by atoms with Crippen LogP contribution in [0.3, 0.4) is 0 Å². The van der Waals surface area contributed by atoms with Crippen LogP contribution in [-0.4, -0.2) is 13.2 Å². The minimum absolute atomic E-state index is 0.622. The maximum absolute atomic E-state index is 5.32. The summed E-state index contributed by atoms with van der Waals surface area (Å²) in [7, 11) is 0. The molecule has 0 aromatic carbocycles. The molecule has 0 unspecified atom stereocenters. The summed E-state index contributed by atoms with van der Waals surface area (Å²) in [6.07, 6.45) is 5.37. The van der Waals surface area contributed by atoms with E-state index in [0.717, 1.165) is 11.5 Å². The summed E-state index contributed by atoms with van der Waals surface area (Å²) in [5.74, 6) is 1.57. The van der Waals surface area contributed by atoms with Gasteiger partial charge in [0.05, 0.1) is 0 Å². The highest BCUT2D eigenvalue weighted by atomic mass is 16.6. The van der Waals surface area contributed by atoms with Crippen molar-refractivity contribution in [2.24, 2.45) is 0 Å². The first-order chi connectivity index (χ1) is 6.38.